The Labute approximate surface area is 114 Å². The maximum Gasteiger partial charge on any atom is 0 e. The van der Waals surface area contributed by atoms with Crippen LogP contribution in [-0.2, 0) is 31.8 Å². The molecule has 0 aromatic carbocycles. The van der Waals surface area contributed by atoms with Crippen LogP contribution in [0.25, 0.3) is 0 Å². The first-order chi connectivity index (χ1) is 3.41. The molecular formula is CHCl4I2TiZn-. The topological polar surface area (TPSA) is 0 Å². The fourth-order valence-electron chi connectivity index (χ4n) is 0. The number of halogens is 6. The van der Waals surface area contributed by atoms with Gasteiger partial charge >= 0.3 is 49.6 Å². The molecule has 0 unspecified atom stereocenters. The van der Waals surface area contributed by atoms with Gasteiger partial charge in [-0.1, -0.05) is 0 Å². The molecule has 0 bridgehead atoms. The Morgan fingerprint density at radius 2 is 1.00 bits per heavy atom. The number of hydrogen-bond acceptors (Lipinski definition) is 0. The van der Waals surface area contributed by atoms with E-state index in [2.05, 4.69) is 45.2 Å². The van der Waals surface area contributed by atoms with E-state index in [0.29, 0.717) is 0 Å². The second kappa shape index (κ2) is 12.0. The third kappa shape index (κ3) is 75.7. The molecule has 9 heavy (non-hydrogen) atoms. The smallest absolute Gasteiger partial charge is 0 e. The molecule has 0 saturated heterocycles. The Balaban J connectivity index is -0.0000000800. The zero-order chi connectivity index (χ0) is 7.21. The van der Waals surface area contributed by atoms with Gasteiger partial charge in [-0.3, -0.25) is 0 Å². The van der Waals surface area contributed by atoms with Gasteiger partial charge in [0, 0.05) is 19.5 Å². The number of hydrogen-bond donors (Lipinski definition) is 0. The zero-order valence-corrected chi connectivity index (χ0v) is 15.9. The van der Waals surface area contributed by atoms with Crippen molar-refractivity contribution >= 4 is 82.4 Å². The minimum Gasteiger partial charge on any atom is 0 e. The van der Waals surface area contributed by atoms with E-state index in [9.17, 15) is 0 Å². The van der Waals surface area contributed by atoms with Crippen molar-refractivity contribution in [1.82, 2.24) is 0 Å². The van der Waals surface area contributed by atoms with Gasteiger partial charge in [0.25, 0.3) is 0 Å². The number of rotatable bonds is 0. The maximum absolute atomic E-state index is 5.01. The first-order valence-corrected chi connectivity index (χ1v) is 12.3. The average molecular weight is 522 g/mol. The van der Waals surface area contributed by atoms with Crippen LogP contribution >= 0.6 is 82.4 Å². The Morgan fingerprint density at radius 1 is 1.00 bits per heavy atom. The molecule has 0 aliphatic heterocycles. The quantitative estimate of drug-likeness (QED) is 0.246. The van der Waals surface area contributed by atoms with E-state index in [4.69, 9.17) is 37.2 Å². The summed E-state index contributed by atoms with van der Waals surface area (Å²) < 4.78 is 1.94. The van der Waals surface area contributed by atoms with Crippen LogP contribution in [0.2, 0.25) is 0 Å². The van der Waals surface area contributed by atoms with Crippen molar-refractivity contribution in [3.8, 4) is 0 Å². The van der Waals surface area contributed by atoms with Gasteiger partial charge in [0.15, 0.2) is 0 Å². The van der Waals surface area contributed by atoms with Crippen LogP contribution in [0.5, 0.6) is 0 Å². The average Bonchev–Trinajstić information content (AvgIpc) is 1.27. The molecule has 54 valence electrons. The molecular weight excluding hydrogens is 521 g/mol. The van der Waals surface area contributed by atoms with Gasteiger partial charge in [-0.25, -0.2) is 2.43 Å². The molecule has 0 aromatic heterocycles. The van der Waals surface area contributed by atoms with Crippen LogP contribution in [0.4, 0.5) is 0 Å². The van der Waals surface area contributed by atoms with E-state index in [1.165, 1.54) is 0 Å². The van der Waals surface area contributed by atoms with E-state index < -0.39 is 12.3 Å². The molecule has 0 aromatic rings. The van der Waals surface area contributed by atoms with Gasteiger partial charge < -0.3 is 45.2 Å². The molecule has 0 nitrogen and oxygen atoms in total. The van der Waals surface area contributed by atoms with Crippen molar-refractivity contribution in [2.45, 2.75) is 0 Å². The van der Waals surface area contributed by atoms with Gasteiger partial charge in [-0.05, 0) is 0 Å². The van der Waals surface area contributed by atoms with Crippen LogP contribution in [0.3, 0.4) is 0 Å². The fourth-order valence-corrected chi connectivity index (χ4v) is 0. The van der Waals surface area contributed by atoms with Gasteiger partial charge in [-0.15, -0.1) is 0 Å². The van der Waals surface area contributed by atoms with Crippen LogP contribution in [0, 0.1) is 2.43 Å². The molecule has 0 fully saturated rings. The summed E-state index contributed by atoms with van der Waals surface area (Å²) in [6.45, 7) is 0. The molecule has 0 amide bonds. The minimum atomic E-state index is -3.11. The summed E-state index contributed by atoms with van der Waals surface area (Å²) in [6, 6.07) is 0. The van der Waals surface area contributed by atoms with Crippen LogP contribution in [-0.4, -0.2) is 0 Å². The second-order valence-electron chi connectivity index (χ2n) is 0.511. The summed E-state index contributed by atoms with van der Waals surface area (Å²) in [5, 5.41) is 0. The van der Waals surface area contributed by atoms with Crippen molar-refractivity contribution < 1.29 is 31.8 Å². The third-order valence-electron chi connectivity index (χ3n) is 0. The maximum atomic E-state index is 5.01. The standard InChI is InChI=1S/CHI2.4ClH.Ti.Zn/c2-1-3;;;;;;/h1H;4*1H;;/q-1;;;;;+4;/p-4. The van der Waals surface area contributed by atoms with Crippen molar-refractivity contribution in [2.75, 3.05) is 0 Å². The molecule has 0 rings (SSSR count). The Kier molecular flexibility index (Phi) is 24.8. The van der Waals surface area contributed by atoms with Crippen LogP contribution in [0.1, 0.15) is 0 Å². The van der Waals surface area contributed by atoms with Gasteiger partial charge in [0.2, 0.25) is 0 Å². The first kappa shape index (κ1) is 18.7. The summed E-state index contributed by atoms with van der Waals surface area (Å²) in [5.41, 5.74) is 0. The molecule has 0 radical (unpaired) electrons. The summed E-state index contributed by atoms with van der Waals surface area (Å²) in [4.78, 5) is 0. The molecule has 0 atom stereocenters. The molecule has 8 heteroatoms. The molecule has 0 aliphatic carbocycles. The van der Waals surface area contributed by atoms with E-state index in [1.807, 2.05) is 2.43 Å². The van der Waals surface area contributed by atoms with Crippen molar-refractivity contribution in [3.05, 3.63) is 2.43 Å². The zero-order valence-electron chi connectivity index (χ0n) is 4.05. The predicted octanol–water partition coefficient (Wildman–Crippen LogP) is 4.73. The fraction of sp³-hybridized carbons (Fsp3) is 0. The van der Waals surface area contributed by atoms with Gasteiger partial charge in [0.1, 0.15) is 0 Å². The summed E-state index contributed by atoms with van der Waals surface area (Å²) in [6.07, 6.45) is 0. The van der Waals surface area contributed by atoms with Crippen molar-refractivity contribution in [3.63, 3.8) is 0 Å². The Bertz CT molecular complexity index is 42.3. The Morgan fingerprint density at radius 3 is 1.00 bits per heavy atom. The van der Waals surface area contributed by atoms with Crippen molar-refractivity contribution in [2.24, 2.45) is 0 Å². The van der Waals surface area contributed by atoms with Gasteiger partial charge in [0.05, 0.1) is 0 Å². The minimum absolute atomic E-state index is 0. The predicted molar refractivity (Wildman–Crippen MR) is 55.8 cm³/mol. The molecule has 0 heterocycles. The van der Waals surface area contributed by atoms with E-state index >= 15 is 0 Å². The molecule has 0 spiro atoms. The van der Waals surface area contributed by atoms with E-state index in [1.54, 1.807) is 0 Å². The SMILES string of the molecule is I[CH-]I.[Cl][Ti]([Cl])([Cl])[Cl].[Zn]. The summed E-state index contributed by atoms with van der Waals surface area (Å²) >= 11 is 1.19. The van der Waals surface area contributed by atoms with Gasteiger partial charge in [-0.2, -0.15) is 0 Å². The monoisotopic (exact) mass is 519 g/mol. The molecule has 0 N–H and O–H groups in total. The largest absolute Gasteiger partial charge is 0 e. The van der Waals surface area contributed by atoms with Crippen molar-refractivity contribution in [1.29, 1.82) is 0 Å². The van der Waals surface area contributed by atoms with E-state index in [0.717, 1.165) is 0 Å². The van der Waals surface area contributed by atoms with Crippen LogP contribution < -0.4 is 0 Å². The van der Waals surface area contributed by atoms with E-state index in [-0.39, 0.29) is 19.5 Å². The summed E-state index contributed by atoms with van der Waals surface area (Å²) in [5.74, 6) is 0. The summed E-state index contributed by atoms with van der Waals surface area (Å²) in [7, 11) is 20.1. The first-order valence-electron chi connectivity index (χ1n) is 1.19. The second-order valence-corrected chi connectivity index (χ2v) is 19.6. The Hall–Kier alpha value is 3.96. The normalized spacial score (nSPS) is 8.67. The van der Waals surface area contributed by atoms with Crippen LogP contribution in [0.15, 0.2) is 0 Å². The third-order valence-corrected chi connectivity index (χ3v) is 0. The molecule has 0 saturated carbocycles. The molecule has 0 aliphatic rings.